The average molecular weight is 332 g/mol. The van der Waals surface area contributed by atoms with Crippen LogP contribution in [0, 0.1) is 0 Å². The van der Waals surface area contributed by atoms with Crippen molar-refractivity contribution in [2.75, 3.05) is 33.9 Å². The Labute approximate surface area is 135 Å². The van der Waals surface area contributed by atoms with Crippen LogP contribution in [0.5, 0.6) is 5.75 Å². The molecule has 0 saturated heterocycles. The number of carbonyl (C=O) groups is 2. The van der Waals surface area contributed by atoms with E-state index in [0.717, 1.165) is 0 Å². The molecular formula is C14H22ClN3O4. The van der Waals surface area contributed by atoms with Crippen LogP contribution in [0.15, 0.2) is 24.3 Å². The molecule has 0 fully saturated rings. The summed E-state index contributed by atoms with van der Waals surface area (Å²) in [5.74, 6) is 0.162. The zero-order valence-electron chi connectivity index (χ0n) is 12.6. The number of carbonyl (C=O) groups excluding carboxylic acids is 2. The predicted octanol–water partition coefficient (Wildman–Crippen LogP) is -0.0633. The van der Waals surface area contributed by atoms with Crippen LogP contribution in [0.4, 0.5) is 0 Å². The van der Waals surface area contributed by atoms with E-state index in [1.807, 2.05) is 0 Å². The first-order chi connectivity index (χ1) is 10.1. The second-order valence-electron chi connectivity index (χ2n) is 4.34. The second-order valence-corrected chi connectivity index (χ2v) is 4.34. The minimum atomic E-state index is -0.702. The number of nitrogens with two attached hydrogens (primary N) is 1. The van der Waals surface area contributed by atoms with Gasteiger partial charge in [-0.2, -0.15) is 0 Å². The molecular weight excluding hydrogens is 310 g/mol. The molecule has 0 radical (unpaired) electrons. The van der Waals surface area contributed by atoms with Crippen molar-refractivity contribution >= 4 is 24.2 Å². The maximum atomic E-state index is 11.8. The predicted molar refractivity (Wildman–Crippen MR) is 85.4 cm³/mol. The Balaban J connectivity index is 0.00000441. The van der Waals surface area contributed by atoms with Crippen LogP contribution < -0.4 is 21.1 Å². The maximum Gasteiger partial charge on any atom is 0.251 e. The van der Waals surface area contributed by atoms with Crippen LogP contribution in [-0.2, 0) is 9.53 Å². The Morgan fingerprint density at radius 2 is 1.73 bits per heavy atom. The van der Waals surface area contributed by atoms with Crippen LogP contribution in [-0.4, -0.2) is 51.8 Å². The summed E-state index contributed by atoms with van der Waals surface area (Å²) >= 11 is 0. The molecule has 8 heteroatoms. The van der Waals surface area contributed by atoms with Crippen LogP contribution in [0.2, 0.25) is 0 Å². The van der Waals surface area contributed by atoms with Gasteiger partial charge in [-0.05, 0) is 24.3 Å². The van der Waals surface area contributed by atoms with Crippen molar-refractivity contribution in [3.63, 3.8) is 0 Å². The third-order valence-corrected chi connectivity index (χ3v) is 2.74. The van der Waals surface area contributed by atoms with E-state index >= 15 is 0 Å². The molecule has 124 valence electrons. The van der Waals surface area contributed by atoms with Crippen LogP contribution in [0.1, 0.15) is 10.4 Å². The molecule has 1 atom stereocenters. The standard InChI is InChI=1S/C14H21N3O4.ClH/c1-20-9-12(15)14(19)17-8-7-16-13(18)10-3-5-11(21-2)6-4-10;/h3-6,12H,7-9,15H2,1-2H3,(H,16,18)(H,17,19);1H. The van der Waals surface area contributed by atoms with E-state index in [4.69, 9.17) is 15.2 Å². The van der Waals surface area contributed by atoms with E-state index in [2.05, 4.69) is 10.6 Å². The maximum absolute atomic E-state index is 11.8. The highest BCUT2D eigenvalue weighted by molar-refractivity contribution is 5.94. The van der Waals surface area contributed by atoms with Crippen LogP contribution in [0.25, 0.3) is 0 Å². The Bertz CT molecular complexity index is 468. The van der Waals surface area contributed by atoms with Gasteiger partial charge in [-0.1, -0.05) is 0 Å². The second kappa shape index (κ2) is 10.8. The lowest BCUT2D eigenvalue weighted by atomic mass is 10.2. The number of rotatable bonds is 8. The number of nitrogens with one attached hydrogen (secondary N) is 2. The highest BCUT2D eigenvalue weighted by atomic mass is 35.5. The quantitative estimate of drug-likeness (QED) is 0.579. The Morgan fingerprint density at radius 1 is 1.14 bits per heavy atom. The van der Waals surface area contributed by atoms with Crippen molar-refractivity contribution < 1.29 is 19.1 Å². The topological polar surface area (TPSA) is 103 Å². The summed E-state index contributed by atoms with van der Waals surface area (Å²) in [4.78, 5) is 23.3. The molecule has 1 rings (SSSR count). The monoisotopic (exact) mass is 331 g/mol. The highest BCUT2D eigenvalue weighted by Gasteiger charge is 2.12. The van der Waals surface area contributed by atoms with Crippen molar-refractivity contribution in [2.45, 2.75) is 6.04 Å². The summed E-state index contributed by atoms with van der Waals surface area (Å²) in [5, 5.41) is 5.31. The van der Waals surface area contributed by atoms with Crippen LogP contribution >= 0.6 is 12.4 Å². The summed E-state index contributed by atoms with van der Waals surface area (Å²) in [6.07, 6.45) is 0. The fourth-order valence-electron chi connectivity index (χ4n) is 1.59. The minimum Gasteiger partial charge on any atom is -0.497 e. The van der Waals surface area contributed by atoms with Crippen molar-refractivity contribution in [1.29, 1.82) is 0 Å². The molecule has 7 nitrogen and oxygen atoms in total. The van der Waals surface area contributed by atoms with Crippen molar-refractivity contribution in [3.8, 4) is 5.75 Å². The molecule has 0 aliphatic rings. The van der Waals surface area contributed by atoms with Crippen molar-refractivity contribution in [1.82, 2.24) is 10.6 Å². The molecule has 0 aliphatic heterocycles. The molecule has 1 aromatic carbocycles. The van der Waals surface area contributed by atoms with Gasteiger partial charge in [0.15, 0.2) is 0 Å². The van der Waals surface area contributed by atoms with Crippen molar-refractivity contribution in [2.24, 2.45) is 5.73 Å². The van der Waals surface area contributed by atoms with Gasteiger partial charge >= 0.3 is 0 Å². The summed E-state index contributed by atoms with van der Waals surface area (Å²) in [7, 11) is 3.04. The van der Waals surface area contributed by atoms with E-state index in [0.29, 0.717) is 24.4 Å². The average Bonchev–Trinajstić information content (AvgIpc) is 2.51. The van der Waals surface area contributed by atoms with Gasteiger partial charge in [0.05, 0.1) is 13.7 Å². The smallest absolute Gasteiger partial charge is 0.251 e. The molecule has 22 heavy (non-hydrogen) atoms. The van der Waals surface area contributed by atoms with Gasteiger partial charge < -0.3 is 25.8 Å². The highest BCUT2D eigenvalue weighted by Crippen LogP contribution is 2.10. The Morgan fingerprint density at radius 3 is 2.27 bits per heavy atom. The van der Waals surface area contributed by atoms with Gasteiger partial charge in [-0.3, -0.25) is 9.59 Å². The lowest BCUT2D eigenvalue weighted by molar-refractivity contribution is -0.123. The summed E-state index contributed by atoms with van der Waals surface area (Å²) < 4.78 is 9.79. The molecule has 0 heterocycles. The van der Waals surface area contributed by atoms with Gasteiger partial charge in [0.1, 0.15) is 11.8 Å². The largest absolute Gasteiger partial charge is 0.497 e. The number of benzene rings is 1. The molecule has 1 unspecified atom stereocenters. The first-order valence-corrected chi connectivity index (χ1v) is 6.53. The first-order valence-electron chi connectivity index (χ1n) is 6.53. The fraction of sp³-hybridized carbons (Fsp3) is 0.429. The normalized spacial score (nSPS) is 11.0. The number of ether oxygens (including phenoxy) is 2. The van der Waals surface area contributed by atoms with E-state index in [-0.39, 0.29) is 30.8 Å². The molecule has 4 N–H and O–H groups in total. The molecule has 0 bridgehead atoms. The van der Waals surface area contributed by atoms with E-state index in [1.165, 1.54) is 7.11 Å². The Hall–Kier alpha value is -1.83. The lowest BCUT2D eigenvalue weighted by Crippen LogP contribution is -2.45. The molecule has 0 spiro atoms. The van der Waals surface area contributed by atoms with Crippen molar-refractivity contribution in [3.05, 3.63) is 29.8 Å². The van der Waals surface area contributed by atoms with Gasteiger partial charge in [-0.25, -0.2) is 0 Å². The minimum absolute atomic E-state index is 0. The molecule has 0 aromatic heterocycles. The van der Waals surface area contributed by atoms with E-state index < -0.39 is 6.04 Å². The SMILES string of the molecule is COCC(N)C(=O)NCCNC(=O)c1ccc(OC)cc1.Cl. The Kier molecular flexibility index (Phi) is 9.93. The summed E-state index contributed by atoms with van der Waals surface area (Å²) in [6, 6.07) is 6.05. The van der Waals surface area contributed by atoms with Gasteiger partial charge in [0, 0.05) is 25.8 Å². The third kappa shape index (κ3) is 6.75. The fourth-order valence-corrected chi connectivity index (χ4v) is 1.59. The number of amides is 2. The molecule has 1 aromatic rings. The molecule has 0 saturated carbocycles. The molecule has 0 aliphatic carbocycles. The number of hydrogen-bond donors (Lipinski definition) is 3. The molecule has 2 amide bonds. The van der Waals surface area contributed by atoms with E-state index in [9.17, 15) is 9.59 Å². The van der Waals surface area contributed by atoms with Gasteiger partial charge in [0.2, 0.25) is 5.91 Å². The first kappa shape index (κ1) is 20.2. The van der Waals surface area contributed by atoms with Gasteiger partial charge in [0.25, 0.3) is 5.91 Å². The number of methoxy groups -OCH3 is 2. The zero-order chi connectivity index (χ0) is 15.7. The zero-order valence-corrected chi connectivity index (χ0v) is 13.4. The van der Waals surface area contributed by atoms with Crippen LogP contribution in [0.3, 0.4) is 0 Å². The summed E-state index contributed by atoms with van der Waals surface area (Å²) in [5.41, 5.74) is 6.08. The van der Waals surface area contributed by atoms with Gasteiger partial charge in [-0.15, -0.1) is 12.4 Å². The number of halogens is 1. The third-order valence-electron chi connectivity index (χ3n) is 2.74. The lowest BCUT2D eigenvalue weighted by Gasteiger charge is -2.11. The number of hydrogen-bond acceptors (Lipinski definition) is 5. The van der Waals surface area contributed by atoms with E-state index in [1.54, 1.807) is 31.4 Å². The summed E-state index contributed by atoms with van der Waals surface area (Å²) in [6.45, 7) is 0.776.